The summed E-state index contributed by atoms with van der Waals surface area (Å²) in [6.07, 6.45) is 1.01. The quantitative estimate of drug-likeness (QED) is 0.773. The van der Waals surface area contributed by atoms with E-state index in [1.807, 2.05) is 0 Å². The number of piperidine rings is 1. The first-order valence-corrected chi connectivity index (χ1v) is 6.73. The van der Waals surface area contributed by atoms with Crippen LogP contribution in [0.1, 0.15) is 12.8 Å². The van der Waals surface area contributed by atoms with Crippen molar-refractivity contribution in [2.24, 2.45) is 0 Å². The van der Waals surface area contributed by atoms with Gasteiger partial charge in [0.15, 0.2) is 6.61 Å². The van der Waals surface area contributed by atoms with Crippen LogP contribution < -0.4 is 10.1 Å². The zero-order chi connectivity index (χ0) is 15.2. The van der Waals surface area contributed by atoms with Gasteiger partial charge in [0.1, 0.15) is 5.75 Å². The Morgan fingerprint density at radius 2 is 2.24 bits per heavy atom. The molecule has 0 saturated carbocycles. The number of aliphatic hydroxyl groups excluding tert-OH is 1. The van der Waals surface area contributed by atoms with Crippen LogP contribution in [-0.2, 0) is 4.79 Å². The standard InChI is InChI=1S/C14H18N2O5/c17-11-4-2-6-16(8-11)14(20)15-10-3-1-5-12(7-10)21-9-13(18)19/h1,3,5,7,11,17H,2,4,6,8-9H2,(H,15,20)(H,18,19). The van der Waals surface area contributed by atoms with E-state index < -0.39 is 18.7 Å². The average Bonchev–Trinajstić information content (AvgIpc) is 2.45. The molecule has 0 radical (unpaired) electrons. The number of amides is 2. The van der Waals surface area contributed by atoms with Crippen LogP contribution in [-0.4, -0.2) is 52.9 Å². The number of rotatable bonds is 4. The highest BCUT2D eigenvalue weighted by Crippen LogP contribution is 2.18. The molecule has 1 saturated heterocycles. The lowest BCUT2D eigenvalue weighted by atomic mass is 10.1. The maximum absolute atomic E-state index is 12.1. The monoisotopic (exact) mass is 294 g/mol. The molecule has 1 aromatic carbocycles. The number of carbonyl (C=O) groups is 2. The molecule has 1 heterocycles. The summed E-state index contributed by atoms with van der Waals surface area (Å²) in [5, 5.41) is 20.8. The van der Waals surface area contributed by atoms with Crippen molar-refractivity contribution in [1.82, 2.24) is 4.90 Å². The Hall–Kier alpha value is -2.28. The highest BCUT2D eigenvalue weighted by Gasteiger charge is 2.22. The molecule has 1 aliphatic rings. The number of β-amino-alcohol motifs (C(OH)–C–C–N with tert-alkyl or cyclic N) is 1. The molecule has 1 aliphatic heterocycles. The van der Waals surface area contributed by atoms with E-state index in [0.29, 0.717) is 30.9 Å². The van der Waals surface area contributed by atoms with Crippen molar-refractivity contribution in [1.29, 1.82) is 0 Å². The summed E-state index contributed by atoms with van der Waals surface area (Å²) in [5.74, 6) is -0.694. The van der Waals surface area contributed by atoms with E-state index >= 15 is 0 Å². The van der Waals surface area contributed by atoms with Gasteiger partial charge in [-0.25, -0.2) is 9.59 Å². The highest BCUT2D eigenvalue weighted by molar-refractivity contribution is 5.89. The van der Waals surface area contributed by atoms with Crippen LogP contribution in [0, 0.1) is 0 Å². The Bertz CT molecular complexity index is 520. The van der Waals surface area contributed by atoms with Gasteiger partial charge in [-0.15, -0.1) is 0 Å². The second-order valence-corrected chi connectivity index (χ2v) is 4.88. The van der Waals surface area contributed by atoms with E-state index in [0.717, 1.165) is 6.42 Å². The molecule has 0 aromatic heterocycles. The van der Waals surface area contributed by atoms with Crippen LogP contribution >= 0.6 is 0 Å². The lowest BCUT2D eigenvalue weighted by Gasteiger charge is -2.30. The minimum atomic E-state index is -1.06. The van der Waals surface area contributed by atoms with Gasteiger partial charge in [-0.05, 0) is 25.0 Å². The summed E-state index contributed by atoms with van der Waals surface area (Å²) in [6.45, 7) is 0.495. The van der Waals surface area contributed by atoms with Gasteiger partial charge in [-0.2, -0.15) is 0 Å². The van der Waals surface area contributed by atoms with E-state index in [4.69, 9.17) is 9.84 Å². The number of carboxylic acids is 1. The molecule has 0 bridgehead atoms. The van der Waals surface area contributed by atoms with Crippen LogP contribution in [0.4, 0.5) is 10.5 Å². The number of nitrogens with zero attached hydrogens (tertiary/aromatic N) is 1. The number of aliphatic carboxylic acids is 1. The van der Waals surface area contributed by atoms with Gasteiger partial charge in [0, 0.05) is 24.8 Å². The number of hydrogen-bond donors (Lipinski definition) is 3. The van der Waals surface area contributed by atoms with E-state index in [2.05, 4.69) is 5.32 Å². The molecular formula is C14H18N2O5. The zero-order valence-electron chi connectivity index (χ0n) is 11.5. The van der Waals surface area contributed by atoms with Gasteiger partial charge >= 0.3 is 12.0 Å². The molecule has 3 N–H and O–H groups in total. The van der Waals surface area contributed by atoms with Crippen molar-refractivity contribution < 1.29 is 24.5 Å². The summed E-state index contributed by atoms with van der Waals surface area (Å²) in [7, 11) is 0. The Kier molecular flexibility index (Phi) is 4.99. The Labute approximate surface area is 122 Å². The maximum Gasteiger partial charge on any atom is 0.341 e. The molecule has 1 aromatic rings. The van der Waals surface area contributed by atoms with Crippen LogP contribution in [0.25, 0.3) is 0 Å². The van der Waals surface area contributed by atoms with E-state index in [-0.39, 0.29) is 6.03 Å². The molecule has 2 amide bonds. The van der Waals surface area contributed by atoms with Crippen LogP contribution in [0.3, 0.4) is 0 Å². The van der Waals surface area contributed by atoms with Gasteiger partial charge < -0.3 is 25.2 Å². The smallest absolute Gasteiger partial charge is 0.341 e. The molecular weight excluding hydrogens is 276 g/mol. The molecule has 2 rings (SSSR count). The number of benzene rings is 1. The van der Waals surface area contributed by atoms with Gasteiger partial charge in [0.2, 0.25) is 0 Å². The number of hydrogen-bond acceptors (Lipinski definition) is 4. The molecule has 21 heavy (non-hydrogen) atoms. The number of likely N-dealkylation sites (tertiary alicyclic amines) is 1. The minimum Gasteiger partial charge on any atom is -0.482 e. The van der Waals surface area contributed by atoms with Crippen LogP contribution in [0.15, 0.2) is 24.3 Å². The first kappa shape index (κ1) is 15.1. The summed E-state index contributed by atoms with van der Waals surface area (Å²) >= 11 is 0. The van der Waals surface area contributed by atoms with Crippen molar-refractivity contribution in [2.45, 2.75) is 18.9 Å². The summed E-state index contributed by atoms with van der Waals surface area (Å²) in [5.41, 5.74) is 0.517. The average molecular weight is 294 g/mol. The van der Waals surface area contributed by atoms with Crippen LogP contribution in [0.5, 0.6) is 5.75 Å². The second-order valence-electron chi connectivity index (χ2n) is 4.88. The van der Waals surface area contributed by atoms with Gasteiger partial charge in [-0.3, -0.25) is 0 Å². The van der Waals surface area contributed by atoms with Crippen LogP contribution in [0.2, 0.25) is 0 Å². The fourth-order valence-electron chi connectivity index (χ4n) is 2.15. The van der Waals surface area contributed by atoms with E-state index in [1.165, 1.54) is 0 Å². The van der Waals surface area contributed by atoms with E-state index in [1.54, 1.807) is 29.2 Å². The first-order chi connectivity index (χ1) is 10.0. The maximum atomic E-state index is 12.1. The summed E-state index contributed by atoms with van der Waals surface area (Å²) < 4.78 is 5.05. The molecule has 7 heteroatoms. The lowest BCUT2D eigenvalue weighted by molar-refractivity contribution is -0.139. The minimum absolute atomic E-state index is 0.288. The highest BCUT2D eigenvalue weighted by atomic mass is 16.5. The predicted molar refractivity (Wildman–Crippen MR) is 75.4 cm³/mol. The molecule has 114 valence electrons. The second kappa shape index (κ2) is 6.94. The molecule has 0 aliphatic carbocycles. The van der Waals surface area contributed by atoms with Crippen molar-refractivity contribution in [3.8, 4) is 5.75 Å². The summed E-state index contributed by atoms with van der Waals surface area (Å²) in [6, 6.07) is 6.23. The largest absolute Gasteiger partial charge is 0.482 e. The SMILES string of the molecule is O=C(O)COc1cccc(NC(=O)N2CCCC(O)C2)c1. The van der Waals surface area contributed by atoms with Crippen molar-refractivity contribution in [3.05, 3.63) is 24.3 Å². The lowest BCUT2D eigenvalue weighted by Crippen LogP contribution is -2.44. The number of aliphatic hydroxyl groups is 1. The predicted octanol–water partition coefficient (Wildman–Crippen LogP) is 1.14. The number of anilines is 1. The molecule has 7 nitrogen and oxygen atoms in total. The van der Waals surface area contributed by atoms with Gasteiger partial charge in [-0.1, -0.05) is 6.07 Å². The van der Waals surface area contributed by atoms with Crippen molar-refractivity contribution in [3.63, 3.8) is 0 Å². The fraction of sp³-hybridized carbons (Fsp3) is 0.429. The Morgan fingerprint density at radius 1 is 1.43 bits per heavy atom. The van der Waals surface area contributed by atoms with E-state index in [9.17, 15) is 14.7 Å². The van der Waals surface area contributed by atoms with Crippen molar-refractivity contribution >= 4 is 17.7 Å². The molecule has 1 atom stereocenters. The van der Waals surface area contributed by atoms with Crippen molar-refractivity contribution in [2.75, 3.05) is 25.0 Å². The Balaban J connectivity index is 1.94. The molecule has 1 fully saturated rings. The summed E-state index contributed by atoms with van der Waals surface area (Å²) in [4.78, 5) is 24.1. The number of nitrogens with one attached hydrogen (secondary N) is 1. The molecule has 0 spiro atoms. The number of carbonyl (C=O) groups excluding carboxylic acids is 1. The third-order valence-electron chi connectivity index (χ3n) is 3.13. The normalized spacial score (nSPS) is 18.1. The topological polar surface area (TPSA) is 99.1 Å². The third-order valence-corrected chi connectivity index (χ3v) is 3.13. The number of urea groups is 1. The third kappa shape index (κ3) is 4.64. The van der Waals surface area contributed by atoms with Gasteiger partial charge in [0.25, 0.3) is 0 Å². The van der Waals surface area contributed by atoms with Gasteiger partial charge in [0.05, 0.1) is 6.10 Å². The number of ether oxygens (including phenoxy) is 1. The number of carboxylic acid groups (broad SMARTS) is 1. The fourth-order valence-corrected chi connectivity index (χ4v) is 2.15. The first-order valence-electron chi connectivity index (χ1n) is 6.73. The molecule has 1 unspecified atom stereocenters. The zero-order valence-corrected chi connectivity index (χ0v) is 11.5. The Morgan fingerprint density at radius 3 is 2.95 bits per heavy atom.